The molecule has 1 aliphatic heterocycles. The van der Waals surface area contributed by atoms with E-state index in [4.69, 9.17) is 4.74 Å². The lowest BCUT2D eigenvalue weighted by Gasteiger charge is -2.43. The molecular formula is C26H29BrN2O3S. The summed E-state index contributed by atoms with van der Waals surface area (Å²) in [7, 11) is 1.63. The van der Waals surface area contributed by atoms with Crippen LogP contribution < -0.4 is 10.1 Å². The molecule has 33 heavy (non-hydrogen) atoms. The number of fused-ring (bicyclic) bond motifs is 1. The molecule has 1 N–H and O–H groups in total. The molecule has 5 nitrogen and oxygen atoms in total. The maximum atomic E-state index is 13.4. The molecule has 4 rings (SSSR count). The predicted octanol–water partition coefficient (Wildman–Crippen LogP) is 5.04. The van der Waals surface area contributed by atoms with Crippen LogP contribution in [0.5, 0.6) is 5.75 Å². The van der Waals surface area contributed by atoms with E-state index in [0.717, 1.165) is 41.5 Å². The van der Waals surface area contributed by atoms with Crippen molar-refractivity contribution in [2.45, 2.75) is 43.4 Å². The van der Waals surface area contributed by atoms with Gasteiger partial charge in [-0.3, -0.25) is 9.59 Å². The zero-order valence-electron chi connectivity index (χ0n) is 18.8. The van der Waals surface area contributed by atoms with Gasteiger partial charge in [-0.05, 0) is 64.5 Å². The first kappa shape index (κ1) is 23.9. The fourth-order valence-electron chi connectivity index (χ4n) is 4.49. The van der Waals surface area contributed by atoms with Crippen LogP contribution in [0.25, 0.3) is 6.08 Å². The van der Waals surface area contributed by atoms with Gasteiger partial charge in [0.2, 0.25) is 5.91 Å². The van der Waals surface area contributed by atoms with E-state index in [0.29, 0.717) is 16.7 Å². The molecule has 1 saturated heterocycles. The smallest absolute Gasteiger partial charge is 0.261 e. The summed E-state index contributed by atoms with van der Waals surface area (Å²) in [6.45, 7) is 0.676. The van der Waals surface area contributed by atoms with Crippen LogP contribution in [0.1, 0.15) is 36.8 Å². The molecule has 2 amide bonds. The average molecular weight is 530 g/mol. The Morgan fingerprint density at radius 1 is 1.21 bits per heavy atom. The average Bonchev–Trinajstić information content (AvgIpc) is 2.82. The summed E-state index contributed by atoms with van der Waals surface area (Å²) in [5, 5.41) is 3.33. The SMILES string of the molecule is COc1ccc(/C=C2/SC3CCCCC3N(CC(=O)NCCc3ccccc3)C2=O)cc1Br. The third kappa shape index (κ3) is 6.01. The molecule has 2 atom stereocenters. The second-order valence-electron chi connectivity index (χ2n) is 8.43. The third-order valence-electron chi connectivity index (χ3n) is 6.18. The topological polar surface area (TPSA) is 58.6 Å². The minimum atomic E-state index is -0.0953. The maximum Gasteiger partial charge on any atom is 0.261 e. The molecule has 2 aromatic carbocycles. The number of hydrogen-bond donors (Lipinski definition) is 1. The van der Waals surface area contributed by atoms with Gasteiger partial charge in [-0.1, -0.05) is 49.2 Å². The van der Waals surface area contributed by atoms with Gasteiger partial charge < -0.3 is 15.0 Å². The second-order valence-corrected chi connectivity index (χ2v) is 10.6. The number of carbonyl (C=O) groups is 2. The van der Waals surface area contributed by atoms with Crippen LogP contribution in [0, 0.1) is 0 Å². The van der Waals surface area contributed by atoms with Crippen LogP contribution in [0.15, 0.2) is 57.9 Å². The van der Waals surface area contributed by atoms with Gasteiger partial charge in [0.15, 0.2) is 0 Å². The van der Waals surface area contributed by atoms with E-state index in [1.165, 1.54) is 12.0 Å². The minimum absolute atomic E-state index is 0.0479. The number of ether oxygens (including phenoxy) is 1. The van der Waals surface area contributed by atoms with Crippen molar-refractivity contribution >= 4 is 45.6 Å². The van der Waals surface area contributed by atoms with Gasteiger partial charge in [0, 0.05) is 17.8 Å². The molecular weight excluding hydrogens is 500 g/mol. The van der Waals surface area contributed by atoms with E-state index in [-0.39, 0.29) is 24.4 Å². The highest BCUT2D eigenvalue weighted by atomic mass is 79.9. The highest BCUT2D eigenvalue weighted by Crippen LogP contribution is 2.42. The number of carbonyl (C=O) groups excluding carboxylic acids is 2. The summed E-state index contributed by atoms with van der Waals surface area (Å²) >= 11 is 5.19. The third-order valence-corrected chi connectivity index (χ3v) is 8.20. The molecule has 0 spiro atoms. The number of amides is 2. The Balaban J connectivity index is 1.46. The Kier molecular flexibility index (Phi) is 8.15. The molecule has 0 radical (unpaired) electrons. The first-order chi connectivity index (χ1) is 16.0. The summed E-state index contributed by atoms with van der Waals surface area (Å²) in [6.07, 6.45) is 7.01. The number of benzene rings is 2. The molecule has 1 aliphatic carbocycles. The normalized spacial score (nSPS) is 21.6. The van der Waals surface area contributed by atoms with Crippen LogP contribution in [-0.4, -0.2) is 48.2 Å². The van der Waals surface area contributed by atoms with Crippen molar-refractivity contribution in [1.29, 1.82) is 0 Å². The first-order valence-electron chi connectivity index (χ1n) is 11.4. The van der Waals surface area contributed by atoms with Gasteiger partial charge in [-0.15, -0.1) is 11.8 Å². The van der Waals surface area contributed by atoms with Crippen molar-refractivity contribution in [1.82, 2.24) is 10.2 Å². The maximum absolute atomic E-state index is 13.4. The van der Waals surface area contributed by atoms with E-state index in [1.54, 1.807) is 18.9 Å². The van der Waals surface area contributed by atoms with Crippen molar-refractivity contribution < 1.29 is 14.3 Å². The van der Waals surface area contributed by atoms with Crippen LogP contribution in [0.3, 0.4) is 0 Å². The Bertz CT molecular complexity index is 1030. The van der Waals surface area contributed by atoms with Crippen LogP contribution >= 0.6 is 27.7 Å². The Labute approximate surface area is 208 Å². The van der Waals surface area contributed by atoms with Gasteiger partial charge in [0.05, 0.1) is 16.5 Å². The van der Waals surface area contributed by atoms with E-state index in [2.05, 4.69) is 33.4 Å². The monoisotopic (exact) mass is 528 g/mol. The van der Waals surface area contributed by atoms with Crippen LogP contribution in [-0.2, 0) is 16.0 Å². The lowest BCUT2D eigenvalue weighted by atomic mass is 9.93. The molecule has 1 saturated carbocycles. The largest absolute Gasteiger partial charge is 0.496 e. The van der Waals surface area contributed by atoms with Crippen molar-refractivity contribution in [3.05, 3.63) is 69.0 Å². The fourth-order valence-corrected chi connectivity index (χ4v) is 6.52. The molecule has 7 heteroatoms. The first-order valence-corrected chi connectivity index (χ1v) is 13.1. The van der Waals surface area contributed by atoms with Crippen LogP contribution in [0.2, 0.25) is 0 Å². The van der Waals surface area contributed by atoms with E-state index < -0.39 is 0 Å². The van der Waals surface area contributed by atoms with Gasteiger partial charge in [-0.25, -0.2) is 0 Å². The molecule has 0 aromatic heterocycles. The van der Waals surface area contributed by atoms with Gasteiger partial charge in [0.25, 0.3) is 5.91 Å². The quantitative estimate of drug-likeness (QED) is 0.511. The van der Waals surface area contributed by atoms with Gasteiger partial charge in [-0.2, -0.15) is 0 Å². The van der Waals surface area contributed by atoms with Crippen molar-refractivity contribution in [3.8, 4) is 5.75 Å². The summed E-state index contributed by atoms with van der Waals surface area (Å²) < 4.78 is 6.16. The number of thioether (sulfide) groups is 1. The lowest BCUT2D eigenvalue weighted by Crippen LogP contribution is -2.54. The molecule has 174 valence electrons. The zero-order chi connectivity index (χ0) is 23.2. The summed E-state index contributed by atoms with van der Waals surface area (Å²) in [5.74, 6) is 0.608. The summed E-state index contributed by atoms with van der Waals surface area (Å²) in [6, 6.07) is 16.0. The number of hydrogen-bond acceptors (Lipinski definition) is 4. The van der Waals surface area contributed by atoms with E-state index >= 15 is 0 Å². The van der Waals surface area contributed by atoms with Crippen LogP contribution in [0.4, 0.5) is 0 Å². The molecule has 2 fully saturated rings. The highest BCUT2D eigenvalue weighted by Gasteiger charge is 2.41. The second kappa shape index (κ2) is 11.3. The molecule has 2 unspecified atom stereocenters. The van der Waals surface area contributed by atoms with Gasteiger partial charge in [0.1, 0.15) is 12.3 Å². The predicted molar refractivity (Wildman–Crippen MR) is 137 cm³/mol. The standard InChI is InChI=1S/C26H29BrN2O3S/c1-32-22-12-11-19(15-20(22)27)16-24-26(31)29(21-9-5-6-10-23(21)33-24)17-25(30)28-14-13-18-7-3-2-4-8-18/h2-4,7-8,11-12,15-16,21,23H,5-6,9-10,13-14,17H2,1H3,(H,28,30)/b24-16+. The molecule has 1 heterocycles. The van der Waals surface area contributed by atoms with Crippen molar-refractivity contribution in [2.75, 3.05) is 20.2 Å². The van der Waals surface area contributed by atoms with Gasteiger partial charge >= 0.3 is 0 Å². The zero-order valence-corrected chi connectivity index (χ0v) is 21.2. The summed E-state index contributed by atoms with van der Waals surface area (Å²) in [5.41, 5.74) is 2.12. The van der Waals surface area contributed by atoms with E-state index in [9.17, 15) is 9.59 Å². The number of methoxy groups -OCH3 is 1. The van der Waals surface area contributed by atoms with E-state index in [1.807, 2.05) is 47.4 Å². The Morgan fingerprint density at radius 3 is 2.76 bits per heavy atom. The number of halogens is 1. The van der Waals surface area contributed by atoms with Crippen molar-refractivity contribution in [2.24, 2.45) is 0 Å². The Hall–Kier alpha value is -2.25. The lowest BCUT2D eigenvalue weighted by molar-refractivity contribution is -0.135. The number of nitrogens with one attached hydrogen (secondary N) is 1. The molecule has 0 bridgehead atoms. The Morgan fingerprint density at radius 2 is 2.00 bits per heavy atom. The molecule has 2 aliphatic rings. The number of nitrogens with zero attached hydrogens (tertiary/aromatic N) is 1. The summed E-state index contributed by atoms with van der Waals surface area (Å²) in [4.78, 5) is 28.7. The fraction of sp³-hybridized carbons (Fsp3) is 0.385. The molecule has 2 aromatic rings. The highest BCUT2D eigenvalue weighted by molar-refractivity contribution is 9.10. The van der Waals surface area contributed by atoms with Crippen molar-refractivity contribution in [3.63, 3.8) is 0 Å². The number of rotatable bonds is 7. The minimum Gasteiger partial charge on any atom is -0.496 e.